The molecule has 0 saturated heterocycles. The Balaban J connectivity index is 4.36. The number of esters is 3. The Morgan fingerprint density at radius 2 is 0.650 bits per heavy atom. The summed E-state index contributed by atoms with van der Waals surface area (Å²) in [5, 5.41) is 0. The van der Waals surface area contributed by atoms with Gasteiger partial charge in [0.15, 0.2) is 6.10 Å². The maximum absolute atomic E-state index is 12.8. The Bertz CT molecular complexity index is 1060. The van der Waals surface area contributed by atoms with Crippen LogP contribution in [0.3, 0.4) is 0 Å². The topological polar surface area (TPSA) is 78.9 Å². The number of hydrogen-bond donors (Lipinski definition) is 0. The van der Waals surface area contributed by atoms with Gasteiger partial charge in [-0.05, 0) is 77.0 Å². The minimum Gasteiger partial charge on any atom is -0.462 e. The van der Waals surface area contributed by atoms with Crippen molar-refractivity contribution in [3.63, 3.8) is 0 Å². The highest BCUT2D eigenvalue weighted by molar-refractivity contribution is 5.71. The fourth-order valence-corrected chi connectivity index (χ4v) is 7.22. The molecule has 0 aliphatic carbocycles. The fraction of sp³-hybridized carbons (Fsp3) is 0.796. The molecule has 0 heterocycles. The highest BCUT2D eigenvalue weighted by Crippen LogP contribution is 2.15. The number of allylic oxidation sites excluding steroid dienone is 8. The molecule has 0 aromatic carbocycles. The fourth-order valence-electron chi connectivity index (χ4n) is 7.22. The predicted molar refractivity (Wildman–Crippen MR) is 256 cm³/mol. The van der Waals surface area contributed by atoms with Crippen molar-refractivity contribution in [1.29, 1.82) is 0 Å². The summed E-state index contributed by atoms with van der Waals surface area (Å²) in [7, 11) is 0. The summed E-state index contributed by atoms with van der Waals surface area (Å²) in [4.78, 5) is 37.9. The third kappa shape index (κ3) is 46.4. The van der Waals surface area contributed by atoms with Crippen molar-refractivity contribution < 1.29 is 28.6 Å². The molecule has 0 unspecified atom stereocenters. The zero-order valence-corrected chi connectivity index (χ0v) is 39.7. The normalized spacial score (nSPS) is 12.4. The summed E-state index contributed by atoms with van der Waals surface area (Å²) in [5.41, 5.74) is 0. The summed E-state index contributed by atoms with van der Waals surface area (Å²) >= 11 is 0. The van der Waals surface area contributed by atoms with Gasteiger partial charge in [0.05, 0.1) is 0 Å². The van der Waals surface area contributed by atoms with E-state index in [2.05, 4.69) is 69.4 Å². The van der Waals surface area contributed by atoms with Crippen molar-refractivity contribution in [3.8, 4) is 0 Å². The number of rotatable bonds is 46. The first-order valence-corrected chi connectivity index (χ1v) is 25.6. The number of ether oxygens (including phenoxy) is 3. The molecule has 0 aliphatic rings. The van der Waals surface area contributed by atoms with Crippen LogP contribution in [0.4, 0.5) is 0 Å². The first kappa shape index (κ1) is 57.4. The Morgan fingerprint density at radius 1 is 0.350 bits per heavy atom. The van der Waals surface area contributed by atoms with Gasteiger partial charge in [0.25, 0.3) is 0 Å². The van der Waals surface area contributed by atoms with E-state index in [4.69, 9.17) is 14.2 Å². The minimum atomic E-state index is -0.780. The average Bonchev–Trinajstić information content (AvgIpc) is 3.24. The minimum absolute atomic E-state index is 0.0796. The molecule has 60 heavy (non-hydrogen) atoms. The van der Waals surface area contributed by atoms with Gasteiger partial charge in [-0.3, -0.25) is 14.4 Å². The largest absolute Gasteiger partial charge is 0.462 e. The molecule has 0 rings (SSSR count). The molecule has 1 atom stereocenters. The molecule has 0 aromatic rings. The van der Waals surface area contributed by atoms with Crippen LogP contribution in [0.25, 0.3) is 0 Å². The second-order valence-corrected chi connectivity index (χ2v) is 17.1. The molecule has 0 aliphatic heterocycles. The average molecular weight is 841 g/mol. The molecule has 0 saturated carbocycles. The van der Waals surface area contributed by atoms with E-state index in [-0.39, 0.29) is 31.1 Å². The van der Waals surface area contributed by atoms with Gasteiger partial charge in [0.2, 0.25) is 0 Å². The first-order chi connectivity index (χ1) is 29.5. The number of unbranched alkanes of at least 4 members (excludes halogenated alkanes) is 27. The van der Waals surface area contributed by atoms with Crippen LogP contribution in [0.15, 0.2) is 48.6 Å². The summed E-state index contributed by atoms with van der Waals surface area (Å²) < 4.78 is 16.8. The van der Waals surface area contributed by atoms with E-state index in [0.717, 1.165) is 96.3 Å². The number of carbonyl (C=O) groups is 3. The molecule has 0 radical (unpaired) electrons. The molecule has 0 amide bonds. The molecular weight excluding hydrogens is 745 g/mol. The van der Waals surface area contributed by atoms with Crippen molar-refractivity contribution in [3.05, 3.63) is 48.6 Å². The first-order valence-electron chi connectivity index (χ1n) is 25.6. The Morgan fingerprint density at radius 3 is 1.03 bits per heavy atom. The standard InChI is InChI=1S/C54H96O6/c1-4-7-10-13-16-19-22-24-26-27-29-30-32-35-38-41-44-47-53(56)59-50-51(49-58-52(55)46-43-40-37-34-21-18-15-12-9-6-3)60-54(57)48-45-42-39-36-33-31-28-25-23-20-17-14-11-8-5-2/h8,11,17,20,24-26,28,51H,4-7,9-10,12-16,18-19,21-23,27,29-50H2,1-3H3/b11-8-,20-17-,26-24-,28-25-/t51-/m1/s1. The van der Waals surface area contributed by atoms with E-state index in [0.29, 0.717) is 19.3 Å². The van der Waals surface area contributed by atoms with Crippen LogP contribution >= 0.6 is 0 Å². The smallest absolute Gasteiger partial charge is 0.306 e. The van der Waals surface area contributed by atoms with Gasteiger partial charge in [0.1, 0.15) is 13.2 Å². The highest BCUT2D eigenvalue weighted by atomic mass is 16.6. The van der Waals surface area contributed by atoms with E-state index in [1.165, 1.54) is 122 Å². The van der Waals surface area contributed by atoms with Crippen molar-refractivity contribution in [2.45, 2.75) is 264 Å². The van der Waals surface area contributed by atoms with E-state index in [1.54, 1.807) is 0 Å². The maximum Gasteiger partial charge on any atom is 0.306 e. The third-order valence-electron chi connectivity index (χ3n) is 11.1. The third-order valence-corrected chi connectivity index (χ3v) is 11.1. The van der Waals surface area contributed by atoms with Crippen LogP contribution in [-0.4, -0.2) is 37.2 Å². The Labute approximate surface area is 371 Å². The molecule has 0 spiro atoms. The molecule has 348 valence electrons. The summed E-state index contributed by atoms with van der Waals surface area (Å²) in [6, 6.07) is 0. The zero-order chi connectivity index (χ0) is 43.7. The monoisotopic (exact) mass is 841 g/mol. The lowest BCUT2D eigenvalue weighted by atomic mass is 10.1. The van der Waals surface area contributed by atoms with Crippen LogP contribution in [-0.2, 0) is 28.6 Å². The Kier molecular flexibility index (Phi) is 46.9. The maximum atomic E-state index is 12.8. The number of hydrogen-bond acceptors (Lipinski definition) is 6. The summed E-state index contributed by atoms with van der Waals surface area (Å²) in [5.74, 6) is -0.896. The van der Waals surface area contributed by atoms with Crippen molar-refractivity contribution in [1.82, 2.24) is 0 Å². The van der Waals surface area contributed by atoms with Crippen LogP contribution in [0.5, 0.6) is 0 Å². The van der Waals surface area contributed by atoms with Gasteiger partial charge in [-0.2, -0.15) is 0 Å². The van der Waals surface area contributed by atoms with Gasteiger partial charge >= 0.3 is 17.9 Å². The van der Waals surface area contributed by atoms with Crippen molar-refractivity contribution >= 4 is 17.9 Å². The van der Waals surface area contributed by atoms with Crippen molar-refractivity contribution in [2.24, 2.45) is 0 Å². The van der Waals surface area contributed by atoms with Crippen LogP contribution < -0.4 is 0 Å². The quantitative estimate of drug-likeness (QED) is 0.0263. The summed E-state index contributed by atoms with van der Waals surface area (Å²) in [6.45, 7) is 6.50. The number of carbonyl (C=O) groups excluding carboxylic acids is 3. The van der Waals surface area contributed by atoms with E-state index < -0.39 is 6.10 Å². The molecule has 0 fully saturated rings. The summed E-state index contributed by atoms with van der Waals surface area (Å²) in [6.07, 6.45) is 58.1. The van der Waals surface area contributed by atoms with E-state index in [1.807, 2.05) is 0 Å². The molecule has 0 aromatic heterocycles. The molecule has 6 nitrogen and oxygen atoms in total. The van der Waals surface area contributed by atoms with Crippen molar-refractivity contribution in [2.75, 3.05) is 13.2 Å². The molecule has 0 bridgehead atoms. The van der Waals surface area contributed by atoms with Gasteiger partial charge in [-0.1, -0.05) is 211 Å². The van der Waals surface area contributed by atoms with Crippen LogP contribution in [0.1, 0.15) is 258 Å². The lowest BCUT2D eigenvalue weighted by molar-refractivity contribution is -0.167. The van der Waals surface area contributed by atoms with E-state index >= 15 is 0 Å². The lowest BCUT2D eigenvalue weighted by Gasteiger charge is -2.18. The molecule has 0 N–H and O–H groups in total. The van der Waals surface area contributed by atoms with Gasteiger partial charge in [-0.15, -0.1) is 0 Å². The predicted octanol–water partition coefficient (Wildman–Crippen LogP) is 16.7. The lowest BCUT2D eigenvalue weighted by Crippen LogP contribution is -2.30. The zero-order valence-electron chi connectivity index (χ0n) is 39.7. The van der Waals surface area contributed by atoms with Gasteiger partial charge in [0, 0.05) is 19.3 Å². The van der Waals surface area contributed by atoms with Crippen LogP contribution in [0, 0.1) is 0 Å². The Hall–Kier alpha value is -2.63. The second kappa shape index (κ2) is 49.0. The second-order valence-electron chi connectivity index (χ2n) is 17.1. The molecule has 6 heteroatoms. The van der Waals surface area contributed by atoms with Gasteiger partial charge < -0.3 is 14.2 Å². The van der Waals surface area contributed by atoms with E-state index in [9.17, 15) is 14.4 Å². The SMILES string of the molecule is CC/C=C\C/C=C\C/C=C\CCCCCCCC(=O)O[C@@H](COC(=O)CCCCCCCCC/C=C\CCCCCCCC)COC(=O)CCCCCCCCCCCC. The van der Waals surface area contributed by atoms with Crippen LogP contribution in [0.2, 0.25) is 0 Å². The van der Waals surface area contributed by atoms with Gasteiger partial charge in [-0.25, -0.2) is 0 Å². The highest BCUT2D eigenvalue weighted by Gasteiger charge is 2.19. The molecular formula is C54H96O6.